The zero-order chi connectivity index (χ0) is 9.34. The first-order chi connectivity index (χ1) is 6.80. The second kappa shape index (κ2) is 2.37. The molecule has 0 amide bonds. The lowest BCUT2D eigenvalue weighted by molar-refractivity contribution is 0.0574. The van der Waals surface area contributed by atoms with E-state index in [9.17, 15) is 0 Å². The van der Waals surface area contributed by atoms with Gasteiger partial charge in [-0.1, -0.05) is 6.42 Å². The van der Waals surface area contributed by atoms with Gasteiger partial charge in [0.25, 0.3) is 0 Å². The molecule has 4 aliphatic carbocycles. The van der Waals surface area contributed by atoms with Gasteiger partial charge in [0.15, 0.2) is 0 Å². The molecular formula is C13H21N. The van der Waals surface area contributed by atoms with E-state index in [2.05, 4.69) is 0 Å². The topological polar surface area (TPSA) is 26.0 Å². The van der Waals surface area contributed by atoms with Gasteiger partial charge in [-0.15, -0.1) is 0 Å². The van der Waals surface area contributed by atoms with Crippen LogP contribution in [-0.2, 0) is 0 Å². The first kappa shape index (κ1) is 8.15. The highest BCUT2D eigenvalue weighted by molar-refractivity contribution is 5.16. The molecule has 0 aromatic heterocycles. The van der Waals surface area contributed by atoms with Gasteiger partial charge in [0.1, 0.15) is 0 Å². The Labute approximate surface area is 86.4 Å². The Morgan fingerprint density at radius 1 is 0.929 bits per heavy atom. The smallest absolute Gasteiger partial charge is 0.0129 e. The maximum atomic E-state index is 6.55. The average molecular weight is 191 g/mol. The summed E-state index contributed by atoms with van der Waals surface area (Å²) < 4.78 is 0. The first-order valence-electron chi connectivity index (χ1n) is 6.56. The molecule has 4 bridgehead atoms. The summed E-state index contributed by atoms with van der Waals surface area (Å²) >= 11 is 0. The number of hydrogen-bond donors (Lipinski definition) is 1. The molecule has 4 rings (SSSR count). The number of nitrogens with two attached hydrogens (primary N) is 1. The summed E-state index contributed by atoms with van der Waals surface area (Å²) in [4.78, 5) is 0. The summed E-state index contributed by atoms with van der Waals surface area (Å²) in [6.45, 7) is 0. The Morgan fingerprint density at radius 2 is 1.71 bits per heavy atom. The molecule has 0 aromatic rings. The Kier molecular flexibility index (Phi) is 1.38. The zero-order valence-corrected chi connectivity index (χ0v) is 8.91. The Bertz CT molecular complexity index is 263. The maximum Gasteiger partial charge on any atom is 0.0129 e. The van der Waals surface area contributed by atoms with E-state index >= 15 is 0 Å². The fraction of sp³-hybridized carbons (Fsp3) is 1.00. The van der Waals surface area contributed by atoms with Crippen molar-refractivity contribution < 1.29 is 0 Å². The quantitative estimate of drug-likeness (QED) is 0.625. The van der Waals surface area contributed by atoms with E-state index in [0.717, 1.165) is 23.7 Å². The average Bonchev–Trinajstić information content (AvgIpc) is 2.91. The molecular weight excluding hydrogens is 170 g/mol. The van der Waals surface area contributed by atoms with Crippen LogP contribution < -0.4 is 5.73 Å². The van der Waals surface area contributed by atoms with Crippen molar-refractivity contribution in [3.63, 3.8) is 0 Å². The summed E-state index contributed by atoms with van der Waals surface area (Å²) in [6, 6.07) is 0.594. The molecule has 0 saturated heterocycles. The van der Waals surface area contributed by atoms with Crippen LogP contribution in [0.5, 0.6) is 0 Å². The largest absolute Gasteiger partial charge is 0.327 e. The van der Waals surface area contributed by atoms with Gasteiger partial charge >= 0.3 is 0 Å². The van der Waals surface area contributed by atoms with Gasteiger partial charge in [-0.25, -0.2) is 0 Å². The second-order valence-corrected chi connectivity index (χ2v) is 6.49. The molecule has 4 aliphatic rings. The minimum atomic E-state index is 0.594. The van der Waals surface area contributed by atoms with Crippen LogP contribution in [0.3, 0.4) is 0 Å². The predicted octanol–water partition coefficient (Wildman–Crippen LogP) is 2.55. The van der Waals surface area contributed by atoms with Crippen LogP contribution in [0.4, 0.5) is 0 Å². The molecule has 14 heavy (non-hydrogen) atoms. The van der Waals surface area contributed by atoms with Gasteiger partial charge in [-0.2, -0.15) is 0 Å². The lowest BCUT2D eigenvalue weighted by Crippen LogP contribution is -2.49. The molecule has 0 aromatic carbocycles. The molecule has 4 saturated carbocycles. The van der Waals surface area contributed by atoms with Crippen LogP contribution >= 0.6 is 0 Å². The number of rotatable bonds is 0. The van der Waals surface area contributed by atoms with Crippen LogP contribution in [0.15, 0.2) is 0 Å². The van der Waals surface area contributed by atoms with Crippen LogP contribution in [0, 0.1) is 29.1 Å². The summed E-state index contributed by atoms with van der Waals surface area (Å²) in [7, 11) is 0. The Hall–Kier alpha value is -0.0400. The fourth-order valence-corrected chi connectivity index (χ4v) is 5.87. The summed E-state index contributed by atoms with van der Waals surface area (Å²) in [6.07, 6.45) is 10.5. The SMILES string of the molecule is N[C@H]1C2CCC(C2)C12CC1CCC2C1. The Balaban J connectivity index is 1.76. The first-order valence-corrected chi connectivity index (χ1v) is 6.56. The highest BCUT2D eigenvalue weighted by Crippen LogP contribution is 2.69. The standard InChI is InChI=1S/C13H21N/c14-12-9-2-4-11(6-9)13(12)7-8-1-3-10(13)5-8/h8-12H,1-7,14H2/t8?,9?,10?,11?,12-,13?/m0/s1. The molecule has 1 heteroatoms. The van der Waals surface area contributed by atoms with E-state index in [4.69, 9.17) is 5.73 Å². The van der Waals surface area contributed by atoms with Gasteiger partial charge in [0.05, 0.1) is 0 Å². The van der Waals surface area contributed by atoms with E-state index in [1.54, 1.807) is 0 Å². The third-order valence-electron chi connectivity index (χ3n) is 6.31. The number of hydrogen-bond acceptors (Lipinski definition) is 1. The molecule has 6 atom stereocenters. The molecule has 1 nitrogen and oxygen atoms in total. The van der Waals surface area contributed by atoms with E-state index < -0.39 is 0 Å². The van der Waals surface area contributed by atoms with Crippen LogP contribution in [-0.4, -0.2) is 6.04 Å². The molecule has 2 N–H and O–H groups in total. The van der Waals surface area contributed by atoms with Gasteiger partial charge in [0, 0.05) is 6.04 Å². The maximum absolute atomic E-state index is 6.55. The molecule has 0 aliphatic heterocycles. The van der Waals surface area contributed by atoms with Crippen molar-refractivity contribution in [3.05, 3.63) is 0 Å². The van der Waals surface area contributed by atoms with Crippen molar-refractivity contribution in [2.24, 2.45) is 34.8 Å². The summed E-state index contributed by atoms with van der Waals surface area (Å²) in [5.74, 6) is 4.07. The second-order valence-electron chi connectivity index (χ2n) is 6.49. The third kappa shape index (κ3) is 0.711. The Morgan fingerprint density at radius 3 is 2.29 bits per heavy atom. The van der Waals surface area contributed by atoms with E-state index in [1.807, 2.05) is 0 Å². The van der Waals surface area contributed by atoms with Gasteiger partial charge < -0.3 is 5.73 Å². The lowest BCUT2D eigenvalue weighted by Gasteiger charge is -2.46. The van der Waals surface area contributed by atoms with Gasteiger partial charge in [-0.05, 0) is 67.6 Å². The zero-order valence-electron chi connectivity index (χ0n) is 8.91. The monoisotopic (exact) mass is 191 g/mol. The van der Waals surface area contributed by atoms with Crippen molar-refractivity contribution in [3.8, 4) is 0 Å². The molecule has 0 radical (unpaired) electrons. The van der Waals surface area contributed by atoms with E-state index in [1.165, 1.54) is 44.9 Å². The van der Waals surface area contributed by atoms with Crippen molar-refractivity contribution in [2.75, 3.05) is 0 Å². The predicted molar refractivity (Wildman–Crippen MR) is 56.7 cm³/mol. The molecule has 78 valence electrons. The normalized spacial score (nSPS) is 64.5. The van der Waals surface area contributed by atoms with Gasteiger partial charge in [-0.3, -0.25) is 0 Å². The molecule has 4 fully saturated rings. The van der Waals surface area contributed by atoms with Crippen LogP contribution in [0.2, 0.25) is 0 Å². The molecule has 5 unspecified atom stereocenters. The van der Waals surface area contributed by atoms with Crippen molar-refractivity contribution in [1.29, 1.82) is 0 Å². The fourth-order valence-electron chi connectivity index (χ4n) is 5.87. The minimum absolute atomic E-state index is 0.594. The van der Waals surface area contributed by atoms with Crippen molar-refractivity contribution >= 4 is 0 Å². The van der Waals surface area contributed by atoms with Crippen LogP contribution in [0.1, 0.15) is 44.9 Å². The van der Waals surface area contributed by atoms with Crippen molar-refractivity contribution in [2.45, 2.75) is 51.0 Å². The highest BCUT2D eigenvalue weighted by Gasteiger charge is 2.64. The van der Waals surface area contributed by atoms with Crippen molar-refractivity contribution in [1.82, 2.24) is 0 Å². The van der Waals surface area contributed by atoms with Crippen LogP contribution in [0.25, 0.3) is 0 Å². The highest BCUT2D eigenvalue weighted by atomic mass is 14.8. The summed E-state index contributed by atoms with van der Waals surface area (Å²) in [5.41, 5.74) is 7.21. The van der Waals surface area contributed by atoms with E-state index in [-0.39, 0.29) is 0 Å². The van der Waals surface area contributed by atoms with Gasteiger partial charge in [0.2, 0.25) is 0 Å². The molecule has 1 spiro atoms. The lowest BCUT2D eigenvalue weighted by atomic mass is 9.61. The van der Waals surface area contributed by atoms with E-state index in [0.29, 0.717) is 11.5 Å². The summed E-state index contributed by atoms with van der Waals surface area (Å²) in [5, 5.41) is 0. The number of fused-ring (bicyclic) bond motifs is 6. The molecule has 0 heterocycles. The third-order valence-corrected chi connectivity index (χ3v) is 6.31. The minimum Gasteiger partial charge on any atom is -0.327 e.